The number of esters is 1. The standard InChI is InChI=1S/C33H52N4O8/c1-6-8-9-26(39)34-20-23(5)44-32(42)27-25-10-11-33(45-25)28(27)30(40)37(24(21-38)19-22(3)4)29(33)31(41)36(12-7-2)14-13-35-15-17-43-18-16-35/h6-7,22-25,27-29,38H,1-2,8-21H2,3-5H3,(H,34,39)/t23-,24+,25-,27+,28+,29-,33+/m0/s1. The summed E-state index contributed by atoms with van der Waals surface area (Å²) < 4.78 is 17.8. The fourth-order valence-corrected chi connectivity index (χ4v) is 7.46. The van der Waals surface area contributed by atoms with Crippen LogP contribution in [0, 0.1) is 17.8 Å². The Morgan fingerprint density at radius 3 is 2.58 bits per heavy atom. The van der Waals surface area contributed by atoms with Gasteiger partial charge in [-0.2, -0.15) is 0 Å². The van der Waals surface area contributed by atoms with Crippen LogP contribution in [0.15, 0.2) is 25.3 Å². The van der Waals surface area contributed by atoms with Crippen molar-refractivity contribution in [3.8, 4) is 0 Å². The molecule has 252 valence electrons. The molecule has 12 heteroatoms. The number of likely N-dealkylation sites (tertiary alicyclic amines) is 1. The molecule has 0 radical (unpaired) electrons. The molecule has 0 unspecified atom stereocenters. The van der Waals surface area contributed by atoms with Gasteiger partial charge in [-0.25, -0.2) is 0 Å². The largest absolute Gasteiger partial charge is 0.460 e. The van der Waals surface area contributed by atoms with E-state index in [-0.39, 0.29) is 36.8 Å². The average Bonchev–Trinajstić information content (AvgIpc) is 3.67. The first-order valence-electron chi connectivity index (χ1n) is 16.5. The van der Waals surface area contributed by atoms with Crippen LogP contribution in [0.5, 0.6) is 0 Å². The van der Waals surface area contributed by atoms with Gasteiger partial charge in [-0.3, -0.25) is 24.1 Å². The summed E-state index contributed by atoms with van der Waals surface area (Å²) in [6, 6.07) is -1.60. The van der Waals surface area contributed by atoms with Gasteiger partial charge in [0, 0.05) is 39.1 Å². The van der Waals surface area contributed by atoms with Crippen molar-refractivity contribution in [1.82, 2.24) is 20.0 Å². The zero-order valence-corrected chi connectivity index (χ0v) is 27.2. The predicted octanol–water partition coefficient (Wildman–Crippen LogP) is 1.13. The van der Waals surface area contributed by atoms with Crippen LogP contribution in [0.25, 0.3) is 0 Å². The van der Waals surface area contributed by atoms with Crippen molar-refractivity contribution in [2.45, 2.75) is 82.8 Å². The van der Waals surface area contributed by atoms with E-state index in [1.807, 2.05) is 13.8 Å². The molecule has 4 aliphatic heterocycles. The van der Waals surface area contributed by atoms with Crippen LogP contribution >= 0.6 is 0 Å². The van der Waals surface area contributed by atoms with E-state index in [0.29, 0.717) is 65.0 Å². The molecule has 45 heavy (non-hydrogen) atoms. The molecule has 4 saturated heterocycles. The first-order chi connectivity index (χ1) is 21.6. The molecule has 4 rings (SSSR count). The summed E-state index contributed by atoms with van der Waals surface area (Å²) in [5.74, 6) is -2.99. The molecule has 3 amide bonds. The van der Waals surface area contributed by atoms with Gasteiger partial charge < -0.3 is 34.4 Å². The average molecular weight is 633 g/mol. The van der Waals surface area contributed by atoms with Gasteiger partial charge in [0.15, 0.2) is 0 Å². The molecule has 0 aromatic carbocycles. The molecule has 2 bridgehead atoms. The van der Waals surface area contributed by atoms with Crippen molar-refractivity contribution >= 4 is 23.7 Å². The molecule has 2 N–H and O–H groups in total. The maximum Gasteiger partial charge on any atom is 0.312 e. The lowest BCUT2D eigenvalue weighted by Crippen LogP contribution is -2.59. The van der Waals surface area contributed by atoms with E-state index in [9.17, 15) is 24.3 Å². The summed E-state index contributed by atoms with van der Waals surface area (Å²) in [6.07, 6.45) is 4.45. The number of rotatable bonds is 17. The summed E-state index contributed by atoms with van der Waals surface area (Å²) in [7, 11) is 0. The highest BCUT2D eigenvalue weighted by Gasteiger charge is 2.75. The molecule has 4 fully saturated rings. The first-order valence-corrected chi connectivity index (χ1v) is 16.5. The van der Waals surface area contributed by atoms with E-state index < -0.39 is 47.7 Å². The normalized spacial score (nSPS) is 28.9. The zero-order chi connectivity index (χ0) is 32.7. The number of morpholine rings is 1. The molecular formula is C33H52N4O8. The number of allylic oxidation sites excluding steroid dienone is 1. The molecule has 0 aliphatic carbocycles. The fourth-order valence-electron chi connectivity index (χ4n) is 7.46. The number of carbonyl (C=O) groups excluding carboxylic acids is 4. The van der Waals surface area contributed by atoms with Gasteiger partial charge in [-0.05, 0) is 38.5 Å². The van der Waals surface area contributed by atoms with Gasteiger partial charge in [0.2, 0.25) is 17.7 Å². The van der Waals surface area contributed by atoms with E-state index in [4.69, 9.17) is 14.2 Å². The molecule has 0 aromatic heterocycles. The Morgan fingerprint density at radius 1 is 1.20 bits per heavy atom. The third kappa shape index (κ3) is 7.61. The second kappa shape index (κ2) is 15.7. The van der Waals surface area contributed by atoms with E-state index in [1.165, 1.54) is 4.90 Å². The van der Waals surface area contributed by atoms with Crippen LogP contribution in [-0.4, -0.2) is 132 Å². The topological polar surface area (TPSA) is 138 Å². The first kappa shape index (κ1) is 35.1. The van der Waals surface area contributed by atoms with E-state index in [0.717, 1.165) is 13.1 Å². The summed E-state index contributed by atoms with van der Waals surface area (Å²) in [5.41, 5.74) is -1.20. The lowest BCUT2D eigenvalue weighted by Gasteiger charge is -2.40. The number of amides is 3. The fraction of sp³-hybridized carbons (Fsp3) is 0.758. The number of carbonyl (C=O) groups is 4. The number of hydrogen-bond acceptors (Lipinski definition) is 9. The monoisotopic (exact) mass is 632 g/mol. The van der Waals surface area contributed by atoms with Crippen molar-refractivity contribution in [2.75, 3.05) is 59.1 Å². The summed E-state index contributed by atoms with van der Waals surface area (Å²) >= 11 is 0. The van der Waals surface area contributed by atoms with Gasteiger partial charge in [-0.1, -0.05) is 26.0 Å². The minimum absolute atomic E-state index is 0.136. The third-order valence-electron chi connectivity index (χ3n) is 9.52. The number of ether oxygens (including phenoxy) is 3. The second-order valence-corrected chi connectivity index (χ2v) is 13.2. The molecule has 1 spiro atoms. The van der Waals surface area contributed by atoms with Gasteiger partial charge in [-0.15, -0.1) is 13.2 Å². The maximum atomic E-state index is 14.6. The highest BCUT2D eigenvalue weighted by molar-refractivity contribution is 5.98. The van der Waals surface area contributed by atoms with Crippen LogP contribution in [0.2, 0.25) is 0 Å². The molecule has 4 heterocycles. The van der Waals surface area contributed by atoms with Crippen molar-refractivity contribution in [2.24, 2.45) is 17.8 Å². The number of aliphatic hydroxyl groups excluding tert-OH is 1. The second-order valence-electron chi connectivity index (χ2n) is 13.2. The number of fused-ring (bicyclic) bond motifs is 1. The minimum Gasteiger partial charge on any atom is -0.460 e. The number of nitrogens with one attached hydrogen (secondary N) is 1. The van der Waals surface area contributed by atoms with E-state index in [1.54, 1.807) is 24.0 Å². The van der Waals surface area contributed by atoms with Gasteiger partial charge in [0.1, 0.15) is 17.7 Å². The smallest absolute Gasteiger partial charge is 0.312 e. The van der Waals surface area contributed by atoms with Crippen molar-refractivity contribution in [3.05, 3.63) is 25.3 Å². The summed E-state index contributed by atoms with van der Waals surface area (Å²) in [5, 5.41) is 13.3. The number of nitrogens with zero attached hydrogens (tertiary/aromatic N) is 3. The Morgan fingerprint density at radius 2 is 1.93 bits per heavy atom. The minimum atomic E-state index is -1.20. The van der Waals surface area contributed by atoms with Crippen molar-refractivity contribution in [3.63, 3.8) is 0 Å². The van der Waals surface area contributed by atoms with E-state index >= 15 is 0 Å². The van der Waals surface area contributed by atoms with E-state index in [2.05, 4.69) is 23.4 Å². The number of aliphatic hydroxyl groups is 1. The van der Waals surface area contributed by atoms with Crippen molar-refractivity contribution in [1.29, 1.82) is 0 Å². The van der Waals surface area contributed by atoms with Gasteiger partial charge >= 0.3 is 5.97 Å². The quantitative estimate of drug-likeness (QED) is 0.179. The highest BCUT2D eigenvalue weighted by atomic mass is 16.6. The predicted molar refractivity (Wildman–Crippen MR) is 167 cm³/mol. The Kier molecular flexibility index (Phi) is 12.2. The SMILES string of the molecule is C=CCCC(=O)NC[C@H](C)OC(=O)[C@@H]1[C@@H]2CC[C@]3(O2)[C@H](C(=O)N(CC=C)CCN2CCOCC2)N([C@@H](CO)CC(C)C)C(=O)[C@@H]13. The van der Waals surface area contributed by atoms with Crippen LogP contribution in [0.3, 0.4) is 0 Å². The zero-order valence-electron chi connectivity index (χ0n) is 27.2. The molecule has 0 saturated carbocycles. The highest BCUT2D eigenvalue weighted by Crippen LogP contribution is 2.59. The number of hydrogen-bond donors (Lipinski definition) is 2. The maximum absolute atomic E-state index is 14.6. The van der Waals surface area contributed by atoms with Crippen LogP contribution < -0.4 is 5.32 Å². The summed E-state index contributed by atoms with van der Waals surface area (Å²) in [6.45, 7) is 17.2. The Balaban J connectivity index is 1.58. The lowest BCUT2D eigenvalue weighted by molar-refractivity contribution is -0.160. The van der Waals surface area contributed by atoms with Gasteiger partial charge in [0.05, 0.1) is 50.3 Å². The molecule has 7 atom stereocenters. The van der Waals surface area contributed by atoms with Gasteiger partial charge in [0.25, 0.3) is 0 Å². The molecule has 0 aromatic rings. The molecular weight excluding hydrogens is 580 g/mol. The summed E-state index contributed by atoms with van der Waals surface area (Å²) in [4.78, 5) is 60.2. The van der Waals surface area contributed by atoms with Crippen molar-refractivity contribution < 1.29 is 38.5 Å². The lowest BCUT2D eigenvalue weighted by atomic mass is 9.70. The molecule has 4 aliphatic rings. The Labute approximate surface area is 267 Å². The Bertz CT molecular complexity index is 1090. The third-order valence-corrected chi connectivity index (χ3v) is 9.52. The molecule has 12 nitrogen and oxygen atoms in total. The van der Waals surface area contributed by atoms with Crippen LogP contribution in [0.4, 0.5) is 0 Å². The van der Waals surface area contributed by atoms with Crippen LogP contribution in [0.1, 0.15) is 52.9 Å². The van der Waals surface area contributed by atoms with Crippen LogP contribution in [-0.2, 0) is 33.4 Å². The Hall–Kier alpha value is -2.80.